The molecule has 0 fully saturated rings. The molecule has 0 aromatic carbocycles. The number of allylic oxidation sites excluding steroid dienone is 2. The normalized spacial score (nSPS) is 10.6. The second-order valence-electron chi connectivity index (χ2n) is 4.92. The topological polar surface area (TPSA) is 60.4 Å². The van der Waals surface area contributed by atoms with Crippen LogP contribution in [0.5, 0.6) is 0 Å². The maximum absolute atomic E-state index is 11.8. The van der Waals surface area contributed by atoms with Crippen LogP contribution in [0.2, 0.25) is 0 Å². The van der Waals surface area contributed by atoms with E-state index in [1.54, 1.807) is 13.8 Å². The van der Waals surface area contributed by atoms with Crippen LogP contribution in [-0.2, 0) is 19.1 Å². The molecule has 0 aliphatic carbocycles. The summed E-state index contributed by atoms with van der Waals surface area (Å²) in [4.78, 5) is 34.4. The van der Waals surface area contributed by atoms with Gasteiger partial charge in [-0.05, 0) is 19.9 Å². The number of ketones is 2. The number of esters is 1. The van der Waals surface area contributed by atoms with Crippen LogP contribution in [0.4, 0.5) is 0 Å². The minimum Gasteiger partial charge on any atom is -0.469 e. The molecule has 0 amide bonds. The van der Waals surface area contributed by atoms with Gasteiger partial charge in [0.05, 0.1) is 7.11 Å². The summed E-state index contributed by atoms with van der Waals surface area (Å²) < 4.78 is 4.43. The summed E-state index contributed by atoms with van der Waals surface area (Å²) in [6.07, 6.45) is 1.33. The Labute approximate surface area is 102 Å². The molecule has 0 heterocycles. The fourth-order valence-electron chi connectivity index (χ4n) is 1.35. The zero-order chi connectivity index (χ0) is 13.6. The molecule has 0 radical (unpaired) electrons. The van der Waals surface area contributed by atoms with Crippen LogP contribution in [0.3, 0.4) is 0 Å². The van der Waals surface area contributed by atoms with Crippen molar-refractivity contribution < 1.29 is 19.1 Å². The Balaban J connectivity index is 4.57. The van der Waals surface area contributed by atoms with Gasteiger partial charge in [0.15, 0.2) is 5.78 Å². The van der Waals surface area contributed by atoms with Gasteiger partial charge in [-0.15, -0.1) is 0 Å². The second-order valence-corrected chi connectivity index (χ2v) is 4.92. The SMILES string of the molecule is COC(=O)CC(=O)C(C)(C)CC(=O)C=C(C)C. The molecule has 0 saturated heterocycles. The second kappa shape index (κ2) is 6.33. The highest BCUT2D eigenvalue weighted by molar-refractivity contribution is 6.01. The molecule has 4 heteroatoms. The van der Waals surface area contributed by atoms with Gasteiger partial charge < -0.3 is 4.74 Å². The van der Waals surface area contributed by atoms with Crippen molar-refractivity contribution in [2.45, 2.75) is 40.5 Å². The standard InChI is InChI=1S/C13H20O4/c1-9(2)6-10(14)8-13(3,4)11(15)7-12(16)17-5/h6H,7-8H2,1-5H3. The Morgan fingerprint density at radius 1 is 1.18 bits per heavy atom. The Bertz CT molecular complexity index is 346. The van der Waals surface area contributed by atoms with Crippen molar-refractivity contribution in [1.82, 2.24) is 0 Å². The largest absolute Gasteiger partial charge is 0.469 e. The first-order valence-corrected chi connectivity index (χ1v) is 5.47. The summed E-state index contributed by atoms with van der Waals surface area (Å²) >= 11 is 0. The molecule has 0 spiro atoms. The van der Waals surface area contributed by atoms with Gasteiger partial charge in [0.2, 0.25) is 0 Å². The van der Waals surface area contributed by atoms with E-state index in [0.29, 0.717) is 0 Å². The average molecular weight is 240 g/mol. The number of rotatable bonds is 6. The highest BCUT2D eigenvalue weighted by atomic mass is 16.5. The predicted molar refractivity (Wildman–Crippen MR) is 64.5 cm³/mol. The van der Waals surface area contributed by atoms with E-state index in [2.05, 4.69) is 4.74 Å². The van der Waals surface area contributed by atoms with Gasteiger partial charge >= 0.3 is 5.97 Å². The zero-order valence-corrected chi connectivity index (χ0v) is 11.1. The Morgan fingerprint density at radius 3 is 2.12 bits per heavy atom. The maximum Gasteiger partial charge on any atom is 0.313 e. The number of hydrogen-bond acceptors (Lipinski definition) is 4. The van der Waals surface area contributed by atoms with Gasteiger partial charge in [-0.3, -0.25) is 14.4 Å². The zero-order valence-electron chi connectivity index (χ0n) is 11.1. The third kappa shape index (κ3) is 6.00. The van der Waals surface area contributed by atoms with Crippen LogP contribution < -0.4 is 0 Å². The lowest BCUT2D eigenvalue weighted by Gasteiger charge is -2.20. The summed E-state index contributed by atoms with van der Waals surface area (Å²) in [5.74, 6) is -0.953. The molecular formula is C13H20O4. The highest BCUT2D eigenvalue weighted by Crippen LogP contribution is 2.24. The van der Waals surface area contributed by atoms with E-state index in [0.717, 1.165) is 5.57 Å². The Hall–Kier alpha value is -1.45. The van der Waals surface area contributed by atoms with Crippen LogP contribution in [0, 0.1) is 5.41 Å². The first-order valence-electron chi connectivity index (χ1n) is 5.47. The highest BCUT2D eigenvalue weighted by Gasteiger charge is 2.31. The van der Waals surface area contributed by atoms with Crippen LogP contribution in [0.15, 0.2) is 11.6 Å². The number of methoxy groups -OCH3 is 1. The summed E-state index contributed by atoms with van der Waals surface area (Å²) in [7, 11) is 1.23. The average Bonchev–Trinajstić information content (AvgIpc) is 2.14. The fourth-order valence-corrected chi connectivity index (χ4v) is 1.35. The van der Waals surface area contributed by atoms with Gasteiger partial charge in [0.1, 0.15) is 12.2 Å². The Morgan fingerprint density at radius 2 is 1.71 bits per heavy atom. The first kappa shape index (κ1) is 15.6. The molecule has 96 valence electrons. The van der Waals surface area contributed by atoms with E-state index >= 15 is 0 Å². The lowest BCUT2D eigenvalue weighted by Crippen LogP contribution is -2.29. The van der Waals surface area contributed by atoms with Crippen molar-refractivity contribution in [2.75, 3.05) is 7.11 Å². The summed E-state index contributed by atoms with van der Waals surface area (Å²) in [6, 6.07) is 0. The fraction of sp³-hybridized carbons (Fsp3) is 0.615. The molecule has 0 aromatic rings. The van der Waals surface area contributed by atoms with Crippen LogP contribution in [0.1, 0.15) is 40.5 Å². The van der Waals surface area contributed by atoms with Crippen molar-refractivity contribution in [1.29, 1.82) is 0 Å². The lowest BCUT2D eigenvalue weighted by atomic mass is 9.81. The molecular weight excluding hydrogens is 220 g/mol. The summed E-state index contributed by atoms with van der Waals surface area (Å²) in [5.41, 5.74) is 0.0586. The van der Waals surface area contributed by atoms with Gasteiger partial charge in [-0.1, -0.05) is 19.4 Å². The third-order valence-electron chi connectivity index (χ3n) is 2.35. The van der Waals surface area contributed by atoms with E-state index < -0.39 is 11.4 Å². The molecule has 0 aromatic heterocycles. The van der Waals surface area contributed by atoms with E-state index in [1.165, 1.54) is 13.2 Å². The van der Waals surface area contributed by atoms with Gasteiger partial charge in [0, 0.05) is 11.8 Å². The molecule has 0 saturated carbocycles. The van der Waals surface area contributed by atoms with Crippen LogP contribution in [-0.4, -0.2) is 24.6 Å². The van der Waals surface area contributed by atoms with Crippen molar-refractivity contribution in [3.05, 3.63) is 11.6 Å². The Kier molecular flexibility index (Phi) is 5.79. The third-order valence-corrected chi connectivity index (χ3v) is 2.35. The molecule has 0 aliphatic heterocycles. The van der Waals surface area contributed by atoms with Crippen molar-refractivity contribution in [3.63, 3.8) is 0 Å². The molecule has 17 heavy (non-hydrogen) atoms. The van der Waals surface area contributed by atoms with Crippen LogP contribution in [0.25, 0.3) is 0 Å². The minimum absolute atomic E-state index is 0.104. The van der Waals surface area contributed by atoms with E-state index in [9.17, 15) is 14.4 Å². The smallest absolute Gasteiger partial charge is 0.313 e. The minimum atomic E-state index is -0.836. The molecule has 0 aliphatic rings. The van der Waals surface area contributed by atoms with Crippen molar-refractivity contribution in [3.8, 4) is 0 Å². The van der Waals surface area contributed by atoms with Gasteiger partial charge in [-0.2, -0.15) is 0 Å². The number of carbonyl (C=O) groups excluding carboxylic acids is 3. The van der Waals surface area contributed by atoms with Gasteiger partial charge in [-0.25, -0.2) is 0 Å². The molecule has 0 unspecified atom stereocenters. The van der Waals surface area contributed by atoms with Crippen LogP contribution >= 0.6 is 0 Å². The maximum atomic E-state index is 11.8. The molecule has 4 nitrogen and oxygen atoms in total. The number of Topliss-reactive ketones (excluding diaryl/α,β-unsaturated/α-hetero) is 1. The molecule has 0 atom stereocenters. The van der Waals surface area contributed by atoms with E-state index in [4.69, 9.17) is 0 Å². The van der Waals surface area contributed by atoms with Crippen molar-refractivity contribution in [2.24, 2.45) is 5.41 Å². The summed E-state index contributed by atoms with van der Waals surface area (Å²) in [6.45, 7) is 6.96. The van der Waals surface area contributed by atoms with E-state index in [-0.39, 0.29) is 24.4 Å². The number of ether oxygens (including phenoxy) is 1. The lowest BCUT2D eigenvalue weighted by molar-refractivity contribution is -0.146. The summed E-state index contributed by atoms with van der Waals surface area (Å²) in [5, 5.41) is 0. The molecule has 0 N–H and O–H groups in total. The van der Waals surface area contributed by atoms with Crippen molar-refractivity contribution >= 4 is 17.5 Å². The number of hydrogen-bond donors (Lipinski definition) is 0. The van der Waals surface area contributed by atoms with E-state index in [1.807, 2.05) is 13.8 Å². The molecule has 0 bridgehead atoms. The number of carbonyl (C=O) groups is 3. The monoisotopic (exact) mass is 240 g/mol. The molecule has 0 rings (SSSR count). The predicted octanol–water partition coefficient (Wildman–Crippen LogP) is 2.07. The quantitative estimate of drug-likeness (QED) is 0.405. The first-order chi connectivity index (χ1) is 7.69. The van der Waals surface area contributed by atoms with Gasteiger partial charge in [0.25, 0.3) is 0 Å².